The third-order valence-electron chi connectivity index (χ3n) is 3.47. The van der Waals surface area contributed by atoms with Crippen LogP contribution in [0.5, 0.6) is 0 Å². The van der Waals surface area contributed by atoms with Gasteiger partial charge in [-0.05, 0) is 38.1 Å². The van der Waals surface area contributed by atoms with Crippen LogP contribution in [0.15, 0.2) is 0 Å². The average molecular weight is 139 g/mol. The molecule has 0 aromatic carbocycles. The molecule has 2 saturated heterocycles. The van der Waals surface area contributed by atoms with E-state index < -0.39 is 0 Å². The zero-order valence-electron chi connectivity index (χ0n) is 7.01. The van der Waals surface area contributed by atoms with Crippen molar-refractivity contribution in [3.8, 4) is 0 Å². The molecule has 0 spiro atoms. The molecule has 2 heterocycles. The van der Waals surface area contributed by atoms with Crippen LogP contribution in [0.25, 0.3) is 0 Å². The first kappa shape index (κ1) is 6.66. The van der Waals surface area contributed by atoms with Crippen molar-refractivity contribution in [3.63, 3.8) is 0 Å². The lowest BCUT2D eigenvalue weighted by atomic mass is 9.73. The van der Waals surface area contributed by atoms with Crippen molar-refractivity contribution >= 4 is 0 Å². The van der Waals surface area contributed by atoms with E-state index in [1.54, 1.807) is 0 Å². The number of rotatable bonds is 0. The molecular weight excluding hydrogens is 122 g/mol. The van der Waals surface area contributed by atoms with Gasteiger partial charge in [-0.15, -0.1) is 0 Å². The molecule has 3 rings (SSSR count). The maximum absolute atomic E-state index is 2.55. The SMILES string of the molecule is CC1CC2CC[C@H]1CN2C. The van der Waals surface area contributed by atoms with Gasteiger partial charge in [0.15, 0.2) is 0 Å². The third kappa shape index (κ3) is 0.878. The Hall–Kier alpha value is -0.0400. The van der Waals surface area contributed by atoms with Crippen molar-refractivity contribution in [2.24, 2.45) is 11.8 Å². The Morgan fingerprint density at radius 1 is 1.30 bits per heavy atom. The van der Waals surface area contributed by atoms with E-state index in [0.717, 1.165) is 17.9 Å². The van der Waals surface area contributed by atoms with Gasteiger partial charge in [-0.1, -0.05) is 6.92 Å². The Morgan fingerprint density at radius 3 is 2.40 bits per heavy atom. The second-order valence-electron chi connectivity index (χ2n) is 4.14. The Balaban J connectivity index is 2.09. The fraction of sp³-hybridized carbons (Fsp3) is 1.00. The maximum Gasteiger partial charge on any atom is 0.00950 e. The van der Waals surface area contributed by atoms with E-state index in [9.17, 15) is 0 Å². The largest absolute Gasteiger partial charge is 0.303 e. The lowest BCUT2D eigenvalue weighted by Crippen LogP contribution is -2.49. The van der Waals surface area contributed by atoms with Crippen LogP contribution in [0.2, 0.25) is 0 Å². The van der Waals surface area contributed by atoms with Gasteiger partial charge in [0, 0.05) is 12.6 Å². The third-order valence-corrected chi connectivity index (χ3v) is 3.47. The summed E-state index contributed by atoms with van der Waals surface area (Å²) in [7, 11) is 2.28. The smallest absolute Gasteiger partial charge is 0.00950 e. The van der Waals surface area contributed by atoms with Crippen molar-refractivity contribution in [1.82, 2.24) is 4.90 Å². The van der Waals surface area contributed by atoms with Gasteiger partial charge in [-0.25, -0.2) is 0 Å². The molecule has 3 fully saturated rings. The quantitative estimate of drug-likeness (QED) is 0.494. The lowest BCUT2D eigenvalue weighted by molar-refractivity contribution is 0.0310. The molecule has 1 heteroatoms. The molecule has 0 amide bonds. The van der Waals surface area contributed by atoms with Crippen LogP contribution in [-0.4, -0.2) is 24.5 Å². The summed E-state index contributed by atoms with van der Waals surface area (Å²) in [6, 6.07) is 0.931. The van der Waals surface area contributed by atoms with Crippen LogP contribution in [0.4, 0.5) is 0 Å². The molecule has 2 aliphatic heterocycles. The second kappa shape index (κ2) is 2.23. The number of hydrogen-bond acceptors (Lipinski definition) is 1. The highest BCUT2D eigenvalue weighted by Crippen LogP contribution is 2.37. The topological polar surface area (TPSA) is 3.24 Å². The van der Waals surface area contributed by atoms with Crippen LogP contribution in [0.1, 0.15) is 26.2 Å². The van der Waals surface area contributed by atoms with Crippen molar-refractivity contribution in [2.75, 3.05) is 13.6 Å². The first-order chi connectivity index (χ1) is 4.77. The zero-order chi connectivity index (χ0) is 7.14. The molecule has 58 valence electrons. The number of fused-ring (bicyclic) bond motifs is 3. The van der Waals surface area contributed by atoms with E-state index in [2.05, 4.69) is 18.9 Å². The Labute approximate surface area is 63.4 Å². The molecule has 3 atom stereocenters. The van der Waals surface area contributed by atoms with Gasteiger partial charge in [-0.2, -0.15) is 0 Å². The minimum absolute atomic E-state index is 0.931. The molecule has 0 aromatic heterocycles. The molecule has 3 aliphatic rings. The molecule has 0 N–H and O–H groups in total. The van der Waals surface area contributed by atoms with E-state index >= 15 is 0 Å². The molecule has 0 radical (unpaired) electrons. The number of nitrogens with zero attached hydrogens (tertiary/aromatic N) is 1. The van der Waals surface area contributed by atoms with E-state index in [1.165, 1.54) is 25.8 Å². The average Bonchev–Trinajstić information content (AvgIpc) is 1.91. The molecule has 10 heavy (non-hydrogen) atoms. The number of hydrogen-bond donors (Lipinski definition) is 0. The van der Waals surface area contributed by atoms with Gasteiger partial charge >= 0.3 is 0 Å². The predicted octanol–water partition coefficient (Wildman–Crippen LogP) is 1.74. The molecule has 1 saturated carbocycles. The van der Waals surface area contributed by atoms with Gasteiger partial charge < -0.3 is 4.90 Å². The Bertz CT molecular complexity index is 117. The predicted molar refractivity (Wildman–Crippen MR) is 42.9 cm³/mol. The second-order valence-corrected chi connectivity index (χ2v) is 4.14. The molecule has 1 nitrogen and oxygen atoms in total. The fourth-order valence-corrected chi connectivity index (χ4v) is 2.62. The first-order valence-corrected chi connectivity index (χ1v) is 4.47. The lowest BCUT2D eigenvalue weighted by Gasteiger charge is -2.47. The fourth-order valence-electron chi connectivity index (χ4n) is 2.62. The van der Waals surface area contributed by atoms with E-state index in [-0.39, 0.29) is 0 Å². The zero-order valence-corrected chi connectivity index (χ0v) is 7.01. The van der Waals surface area contributed by atoms with Gasteiger partial charge in [0.2, 0.25) is 0 Å². The van der Waals surface area contributed by atoms with E-state index in [0.29, 0.717) is 0 Å². The minimum Gasteiger partial charge on any atom is -0.303 e. The van der Waals surface area contributed by atoms with Crippen molar-refractivity contribution in [3.05, 3.63) is 0 Å². The summed E-state index contributed by atoms with van der Waals surface area (Å²) in [6.45, 7) is 3.79. The van der Waals surface area contributed by atoms with Crippen LogP contribution < -0.4 is 0 Å². The highest BCUT2D eigenvalue weighted by Gasteiger charge is 2.35. The van der Waals surface area contributed by atoms with Crippen molar-refractivity contribution in [2.45, 2.75) is 32.2 Å². The summed E-state index contributed by atoms with van der Waals surface area (Å²) in [4.78, 5) is 2.55. The molecule has 1 aliphatic carbocycles. The van der Waals surface area contributed by atoms with Gasteiger partial charge in [0.05, 0.1) is 0 Å². The van der Waals surface area contributed by atoms with Crippen LogP contribution in [0.3, 0.4) is 0 Å². The summed E-state index contributed by atoms with van der Waals surface area (Å²) in [5, 5.41) is 0. The molecule has 0 aromatic rings. The Kier molecular flexibility index (Phi) is 1.48. The summed E-state index contributed by atoms with van der Waals surface area (Å²) < 4.78 is 0. The maximum atomic E-state index is 2.55. The normalized spacial score (nSPS) is 48.0. The highest BCUT2D eigenvalue weighted by atomic mass is 15.1. The molecule has 2 bridgehead atoms. The first-order valence-electron chi connectivity index (χ1n) is 4.47. The van der Waals surface area contributed by atoms with Crippen molar-refractivity contribution < 1.29 is 0 Å². The summed E-state index contributed by atoms with van der Waals surface area (Å²) in [5.41, 5.74) is 0. The van der Waals surface area contributed by atoms with Crippen LogP contribution >= 0.6 is 0 Å². The van der Waals surface area contributed by atoms with Gasteiger partial charge in [-0.3, -0.25) is 0 Å². The van der Waals surface area contributed by atoms with Crippen LogP contribution in [0, 0.1) is 11.8 Å². The number of piperidine rings is 2. The summed E-state index contributed by atoms with van der Waals surface area (Å²) >= 11 is 0. The highest BCUT2D eigenvalue weighted by molar-refractivity contribution is 4.89. The van der Waals surface area contributed by atoms with Crippen LogP contribution in [-0.2, 0) is 0 Å². The molecular formula is C9H17N. The minimum atomic E-state index is 0.931. The standard InChI is InChI=1S/C9H17N/c1-7-5-9-4-3-8(7)6-10(9)2/h7-9H,3-6H2,1-2H3/t7?,8-,9?/m0/s1. The van der Waals surface area contributed by atoms with Gasteiger partial charge in [0.1, 0.15) is 0 Å². The van der Waals surface area contributed by atoms with Gasteiger partial charge in [0.25, 0.3) is 0 Å². The summed E-state index contributed by atoms with van der Waals surface area (Å²) in [6.07, 6.45) is 4.42. The van der Waals surface area contributed by atoms with E-state index in [4.69, 9.17) is 0 Å². The Morgan fingerprint density at radius 2 is 2.10 bits per heavy atom. The van der Waals surface area contributed by atoms with E-state index in [1.807, 2.05) is 0 Å². The monoisotopic (exact) mass is 139 g/mol. The van der Waals surface area contributed by atoms with Crippen molar-refractivity contribution in [1.29, 1.82) is 0 Å². The molecule has 2 unspecified atom stereocenters. The summed E-state index contributed by atoms with van der Waals surface area (Å²) in [5.74, 6) is 2.03.